The fourth-order valence-electron chi connectivity index (χ4n) is 2.76. The minimum atomic E-state index is 0.138. The van der Waals surface area contributed by atoms with Crippen molar-refractivity contribution in [2.24, 2.45) is 0 Å². The lowest BCUT2D eigenvalue weighted by molar-refractivity contribution is 0.224. The first kappa shape index (κ1) is 13.7. The Hall–Kier alpha value is -2.26. The van der Waals surface area contributed by atoms with Gasteiger partial charge in [-0.15, -0.1) is 0 Å². The van der Waals surface area contributed by atoms with Crippen LogP contribution in [0.15, 0.2) is 27.2 Å². The SMILES string of the molecule is Cc1nc(C#N)c(NCC(c2ccco2)N2CCCC2)o1. The second-order valence-corrected chi connectivity index (χ2v) is 5.18. The molecule has 6 heteroatoms. The summed E-state index contributed by atoms with van der Waals surface area (Å²) >= 11 is 0. The summed E-state index contributed by atoms with van der Waals surface area (Å²) in [5.74, 6) is 1.86. The van der Waals surface area contributed by atoms with Gasteiger partial charge in [-0.05, 0) is 38.1 Å². The second kappa shape index (κ2) is 6.02. The molecule has 0 bridgehead atoms. The lowest BCUT2D eigenvalue weighted by atomic mass is 10.2. The molecule has 0 aromatic carbocycles. The van der Waals surface area contributed by atoms with Crippen LogP contribution in [0.1, 0.15) is 36.2 Å². The summed E-state index contributed by atoms with van der Waals surface area (Å²) in [6.45, 7) is 4.48. The summed E-state index contributed by atoms with van der Waals surface area (Å²) in [5.41, 5.74) is 0.298. The summed E-state index contributed by atoms with van der Waals surface area (Å²) < 4.78 is 11.0. The lowest BCUT2D eigenvalue weighted by Crippen LogP contribution is -2.30. The van der Waals surface area contributed by atoms with E-state index in [0.29, 0.717) is 24.0 Å². The molecule has 1 fully saturated rings. The molecule has 1 atom stereocenters. The monoisotopic (exact) mass is 286 g/mol. The van der Waals surface area contributed by atoms with Crippen LogP contribution in [-0.2, 0) is 0 Å². The third-order valence-electron chi connectivity index (χ3n) is 3.75. The molecule has 1 unspecified atom stereocenters. The summed E-state index contributed by atoms with van der Waals surface area (Å²) in [5, 5.41) is 12.2. The van der Waals surface area contributed by atoms with Gasteiger partial charge in [0.05, 0.1) is 12.3 Å². The molecule has 2 aromatic rings. The van der Waals surface area contributed by atoms with Gasteiger partial charge in [-0.3, -0.25) is 4.90 Å². The van der Waals surface area contributed by atoms with Crippen molar-refractivity contribution in [3.05, 3.63) is 35.7 Å². The zero-order chi connectivity index (χ0) is 14.7. The van der Waals surface area contributed by atoms with E-state index in [0.717, 1.165) is 18.8 Å². The average Bonchev–Trinajstić information content (AvgIpc) is 3.20. The largest absolute Gasteiger partial charge is 0.468 e. The molecular weight excluding hydrogens is 268 g/mol. The third kappa shape index (κ3) is 2.93. The van der Waals surface area contributed by atoms with Crippen LogP contribution in [0.2, 0.25) is 0 Å². The van der Waals surface area contributed by atoms with Gasteiger partial charge in [0, 0.05) is 13.5 Å². The van der Waals surface area contributed by atoms with Gasteiger partial charge in [-0.2, -0.15) is 5.26 Å². The highest BCUT2D eigenvalue weighted by atomic mass is 16.4. The zero-order valence-corrected chi connectivity index (χ0v) is 12.0. The van der Waals surface area contributed by atoms with Crippen LogP contribution >= 0.6 is 0 Å². The van der Waals surface area contributed by atoms with Crippen molar-refractivity contribution in [2.45, 2.75) is 25.8 Å². The van der Waals surface area contributed by atoms with Crippen LogP contribution in [0.3, 0.4) is 0 Å². The van der Waals surface area contributed by atoms with Gasteiger partial charge >= 0.3 is 0 Å². The van der Waals surface area contributed by atoms with Crippen LogP contribution in [0, 0.1) is 18.3 Å². The van der Waals surface area contributed by atoms with Crippen LogP contribution in [0.4, 0.5) is 5.88 Å². The normalized spacial score (nSPS) is 16.8. The minimum Gasteiger partial charge on any atom is -0.468 e. The van der Waals surface area contributed by atoms with Gasteiger partial charge in [0.15, 0.2) is 5.89 Å². The van der Waals surface area contributed by atoms with E-state index in [1.165, 1.54) is 12.8 Å². The first-order valence-electron chi connectivity index (χ1n) is 7.17. The number of nitrogens with zero attached hydrogens (tertiary/aromatic N) is 3. The molecule has 2 aromatic heterocycles. The predicted molar refractivity (Wildman–Crippen MR) is 76.7 cm³/mol. The highest BCUT2D eigenvalue weighted by Crippen LogP contribution is 2.26. The number of nitriles is 1. The molecule has 3 heterocycles. The van der Waals surface area contributed by atoms with Gasteiger partial charge in [-0.1, -0.05) is 0 Å². The van der Waals surface area contributed by atoms with Crippen molar-refractivity contribution < 1.29 is 8.83 Å². The van der Waals surface area contributed by atoms with E-state index in [1.807, 2.05) is 18.2 Å². The highest BCUT2D eigenvalue weighted by molar-refractivity contribution is 5.45. The van der Waals surface area contributed by atoms with Crippen LogP contribution in [0.5, 0.6) is 0 Å². The van der Waals surface area contributed by atoms with Crippen molar-refractivity contribution in [3.63, 3.8) is 0 Å². The number of oxazole rings is 1. The number of furan rings is 1. The van der Waals surface area contributed by atoms with E-state index in [-0.39, 0.29) is 6.04 Å². The van der Waals surface area contributed by atoms with E-state index in [1.54, 1.807) is 13.2 Å². The van der Waals surface area contributed by atoms with Crippen LogP contribution in [0.25, 0.3) is 0 Å². The molecule has 110 valence electrons. The van der Waals surface area contributed by atoms with E-state index in [2.05, 4.69) is 15.2 Å². The van der Waals surface area contributed by atoms with Crippen molar-refractivity contribution in [1.29, 1.82) is 5.26 Å². The minimum absolute atomic E-state index is 0.138. The Morgan fingerprint density at radius 2 is 2.29 bits per heavy atom. The first-order chi connectivity index (χ1) is 10.3. The number of hydrogen-bond donors (Lipinski definition) is 1. The second-order valence-electron chi connectivity index (χ2n) is 5.18. The van der Waals surface area contributed by atoms with E-state index < -0.39 is 0 Å². The molecule has 6 nitrogen and oxygen atoms in total. The third-order valence-corrected chi connectivity index (χ3v) is 3.75. The zero-order valence-electron chi connectivity index (χ0n) is 12.0. The predicted octanol–water partition coefficient (Wildman–Crippen LogP) is 2.70. The molecule has 3 rings (SSSR count). The Kier molecular flexibility index (Phi) is 3.93. The summed E-state index contributed by atoms with van der Waals surface area (Å²) in [6, 6.07) is 6.07. The van der Waals surface area contributed by atoms with E-state index >= 15 is 0 Å². The van der Waals surface area contributed by atoms with Crippen molar-refractivity contribution in [1.82, 2.24) is 9.88 Å². The van der Waals surface area contributed by atoms with Gasteiger partial charge in [0.1, 0.15) is 11.8 Å². The molecule has 1 aliphatic heterocycles. The Balaban J connectivity index is 1.74. The number of aryl methyl sites for hydroxylation is 1. The van der Waals surface area contributed by atoms with Crippen molar-refractivity contribution in [3.8, 4) is 6.07 Å². The Morgan fingerprint density at radius 3 is 2.95 bits per heavy atom. The molecule has 0 amide bonds. The number of nitrogens with one attached hydrogen (secondary N) is 1. The Labute approximate surface area is 123 Å². The quantitative estimate of drug-likeness (QED) is 0.910. The lowest BCUT2D eigenvalue weighted by Gasteiger charge is -2.25. The van der Waals surface area contributed by atoms with Crippen molar-refractivity contribution >= 4 is 5.88 Å². The number of aromatic nitrogens is 1. The van der Waals surface area contributed by atoms with Crippen LogP contribution < -0.4 is 5.32 Å². The van der Waals surface area contributed by atoms with Gasteiger partial charge in [0.2, 0.25) is 11.6 Å². The molecule has 1 aliphatic rings. The molecule has 0 spiro atoms. The standard InChI is InChI=1S/C15H18N4O2/c1-11-18-12(9-16)15(21-11)17-10-13(14-5-4-8-20-14)19-6-2-3-7-19/h4-5,8,13,17H,2-3,6-7,10H2,1H3. The van der Waals surface area contributed by atoms with E-state index in [9.17, 15) is 0 Å². The molecule has 21 heavy (non-hydrogen) atoms. The number of hydrogen-bond acceptors (Lipinski definition) is 6. The Morgan fingerprint density at radius 1 is 1.48 bits per heavy atom. The number of anilines is 1. The maximum atomic E-state index is 9.05. The fourth-order valence-corrected chi connectivity index (χ4v) is 2.76. The van der Waals surface area contributed by atoms with E-state index in [4.69, 9.17) is 14.1 Å². The topological polar surface area (TPSA) is 78.2 Å². The number of rotatable bonds is 5. The molecule has 0 saturated carbocycles. The van der Waals surface area contributed by atoms with Gasteiger partial charge in [-0.25, -0.2) is 4.98 Å². The first-order valence-corrected chi connectivity index (χ1v) is 7.17. The maximum absolute atomic E-state index is 9.05. The summed E-state index contributed by atoms with van der Waals surface area (Å²) in [7, 11) is 0. The molecule has 1 saturated heterocycles. The molecule has 0 radical (unpaired) electrons. The van der Waals surface area contributed by atoms with Gasteiger partial charge < -0.3 is 14.2 Å². The number of likely N-dealkylation sites (tertiary alicyclic amines) is 1. The van der Waals surface area contributed by atoms with Crippen LogP contribution in [-0.4, -0.2) is 29.5 Å². The maximum Gasteiger partial charge on any atom is 0.232 e. The summed E-state index contributed by atoms with van der Waals surface area (Å²) in [6.07, 6.45) is 4.11. The Bertz CT molecular complexity index is 621. The smallest absolute Gasteiger partial charge is 0.232 e. The fraction of sp³-hybridized carbons (Fsp3) is 0.467. The molecule has 1 N–H and O–H groups in total. The van der Waals surface area contributed by atoms with Crippen molar-refractivity contribution in [2.75, 3.05) is 25.0 Å². The summed E-state index contributed by atoms with van der Waals surface area (Å²) in [4.78, 5) is 6.43. The molecule has 0 aliphatic carbocycles. The average molecular weight is 286 g/mol. The molecular formula is C15H18N4O2. The highest BCUT2D eigenvalue weighted by Gasteiger charge is 2.26. The van der Waals surface area contributed by atoms with Gasteiger partial charge in [0.25, 0.3) is 0 Å².